The van der Waals surface area contributed by atoms with Gasteiger partial charge in [-0.2, -0.15) is 0 Å². The van der Waals surface area contributed by atoms with Crippen LogP contribution in [0.15, 0.2) is 49.1 Å². The number of hydrogen-bond donors (Lipinski definition) is 2. The molecule has 0 saturated heterocycles. The summed E-state index contributed by atoms with van der Waals surface area (Å²) in [5.41, 5.74) is 3.36. The van der Waals surface area contributed by atoms with Crippen molar-refractivity contribution in [3.8, 4) is 11.5 Å². The molecule has 0 amide bonds. The lowest BCUT2D eigenvalue weighted by molar-refractivity contribution is -0.753. The number of rotatable bonds is 4. The third-order valence-corrected chi connectivity index (χ3v) is 5.11. The predicted octanol–water partition coefficient (Wildman–Crippen LogP) is 3.80. The molecule has 2 aromatic carbocycles. The molecule has 2 aromatic heterocycles. The van der Waals surface area contributed by atoms with E-state index in [-0.39, 0.29) is 17.6 Å². The van der Waals surface area contributed by atoms with Gasteiger partial charge < -0.3 is 10.2 Å². The summed E-state index contributed by atoms with van der Waals surface area (Å²) in [5, 5.41) is 27.1. The van der Waals surface area contributed by atoms with Gasteiger partial charge in [0.15, 0.2) is 12.7 Å². The molecule has 4 rings (SSSR count). The van der Waals surface area contributed by atoms with Gasteiger partial charge in [0.1, 0.15) is 23.3 Å². The Morgan fingerprint density at radius 3 is 2.43 bits per heavy atom. The second kappa shape index (κ2) is 7.03. The van der Waals surface area contributed by atoms with Crippen molar-refractivity contribution in [3.63, 3.8) is 0 Å². The van der Waals surface area contributed by atoms with Crippen LogP contribution < -0.4 is 4.68 Å². The Hall–Kier alpha value is -3.28. The van der Waals surface area contributed by atoms with Gasteiger partial charge in [-0.25, -0.2) is 9.97 Å². The summed E-state index contributed by atoms with van der Waals surface area (Å²) in [6, 6.07) is 9.28. The molecule has 2 N–H and O–H groups in total. The molecular weight excluding hydrogens is 352 g/mol. The maximum Gasteiger partial charge on any atom is 0.196 e. The molecule has 2 heterocycles. The van der Waals surface area contributed by atoms with Crippen molar-refractivity contribution < 1.29 is 14.9 Å². The van der Waals surface area contributed by atoms with E-state index in [9.17, 15) is 10.2 Å². The Balaban J connectivity index is 1.67. The van der Waals surface area contributed by atoms with E-state index in [1.807, 2.05) is 42.9 Å². The summed E-state index contributed by atoms with van der Waals surface area (Å²) >= 11 is 0. The topological polar surface area (TPSA) is 83.0 Å². The average Bonchev–Trinajstić information content (AvgIpc) is 2.66. The number of hydrogen-bond acceptors (Lipinski definition) is 5. The highest BCUT2D eigenvalue weighted by atomic mass is 16.3. The van der Waals surface area contributed by atoms with Crippen LogP contribution >= 0.6 is 0 Å². The molecule has 0 spiro atoms. The quantitative estimate of drug-likeness (QED) is 0.530. The van der Waals surface area contributed by atoms with Gasteiger partial charge >= 0.3 is 0 Å². The summed E-state index contributed by atoms with van der Waals surface area (Å²) in [4.78, 5) is 8.28. The SMILES string of the molecule is CC(C)c1cc2n[n+](CC(C)c3cc4ncncc4cc3O)ccc2cc1O. The van der Waals surface area contributed by atoms with E-state index in [4.69, 9.17) is 5.10 Å². The maximum absolute atomic E-state index is 10.4. The highest BCUT2D eigenvalue weighted by Gasteiger charge is 2.19. The Bertz CT molecular complexity index is 1170. The lowest BCUT2D eigenvalue weighted by Crippen LogP contribution is -2.39. The third kappa shape index (κ3) is 3.33. The fraction of sp³-hybridized carbons (Fsp3) is 0.273. The molecular formula is C22H23N4O2+. The van der Waals surface area contributed by atoms with Gasteiger partial charge in [-0.3, -0.25) is 0 Å². The highest BCUT2D eigenvalue weighted by Crippen LogP contribution is 2.31. The third-order valence-electron chi connectivity index (χ3n) is 5.11. The fourth-order valence-electron chi connectivity index (χ4n) is 3.54. The van der Waals surface area contributed by atoms with E-state index < -0.39 is 0 Å². The maximum atomic E-state index is 10.4. The summed E-state index contributed by atoms with van der Waals surface area (Å²) in [6.07, 6.45) is 5.10. The Labute approximate surface area is 163 Å². The first kappa shape index (κ1) is 18.1. The van der Waals surface area contributed by atoms with E-state index in [2.05, 4.69) is 16.9 Å². The van der Waals surface area contributed by atoms with Gasteiger partial charge in [-0.15, -0.1) is 0 Å². The normalized spacial score (nSPS) is 12.7. The average molecular weight is 375 g/mol. The molecule has 6 nitrogen and oxygen atoms in total. The van der Waals surface area contributed by atoms with Gasteiger partial charge in [0.2, 0.25) is 0 Å². The molecule has 0 saturated carbocycles. The number of aromatic nitrogens is 4. The number of aromatic hydroxyl groups is 2. The molecule has 28 heavy (non-hydrogen) atoms. The Morgan fingerprint density at radius 2 is 1.64 bits per heavy atom. The van der Waals surface area contributed by atoms with Crippen LogP contribution in [-0.2, 0) is 6.54 Å². The molecule has 0 bridgehead atoms. The molecule has 0 aliphatic rings. The molecule has 0 aliphatic carbocycles. The summed E-state index contributed by atoms with van der Waals surface area (Å²) < 4.78 is 1.87. The first-order valence-electron chi connectivity index (χ1n) is 9.38. The molecule has 1 unspecified atom stereocenters. The van der Waals surface area contributed by atoms with Crippen LogP contribution in [0.2, 0.25) is 0 Å². The lowest BCUT2D eigenvalue weighted by Gasteiger charge is -2.12. The Morgan fingerprint density at radius 1 is 0.929 bits per heavy atom. The highest BCUT2D eigenvalue weighted by molar-refractivity contribution is 5.81. The van der Waals surface area contributed by atoms with Crippen LogP contribution in [0.3, 0.4) is 0 Å². The van der Waals surface area contributed by atoms with Crippen LogP contribution in [0.25, 0.3) is 21.8 Å². The van der Waals surface area contributed by atoms with Gasteiger partial charge in [0.25, 0.3) is 0 Å². The van der Waals surface area contributed by atoms with Gasteiger partial charge in [0, 0.05) is 39.6 Å². The second-order valence-electron chi connectivity index (χ2n) is 7.56. The minimum Gasteiger partial charge on any atom is -0.508 e. The van der Waals surface area contributed by atoms with Crippen molar-refractivity contribution in [2.45, 2.75) is 39.2 Å². The van der Waals surface area contributed by atoms with Crippen molar-refractivity contribution in [1.29, 1.82) is 0 Å². The van der Waals surface area contributed by atoms with Crippen LogP contribution in [0, 0.1) is 0 Å². The zero-order chi connectivity index (χ0) is 19.8. The van der Waals surface area contributed by atoms with Crippen LogP contribution in [0.4, 0.5) is 0 Å². The minimum absolute atomic E-state index is 0.0380. The van der Waals surface area contributed by atoms with E-state index in [0.29, 0.717) is 12.3 Å². The number of benzene rings is 2. The smallest absolute Gasteiger partial charge is 0.196 e. The number of phenols is 2. The first-order valence-corrected chi connectivity index (χ1v) is 9.38. The first-order chi connectivity index (χ1) is 13.4. The summed E-state index contributed by atoms with van der Waals surface area (Å²) in [7, 11) is 0. The van der Waals surface area contributed by atoms with Gasteiger partial charge in [-0.05, 0) is 35.7 Å². The number of phenolic OH excluding ortho intramolecular Hbond substituents is 2. The van der Waals surface area contributed by atoms with Crippen LogP contribution in [-0.4, -0.2) is 25.3 Å². The molecule has 0 aliphatic heterocycles. The monoisotopic (exact) mass is 375 g/mol. The molecule has 4 aromatic rings. The zero-order valence-corrected chi connectivity index (χ0v) is 16.2. The largest absolute Gasteiger partial charge is 0.508 e. The second-order valence-corrected chi connectivity index (χ2v) is 7.56. The Kier molecular flexibility index (Phi) is 4.55. The van der Waals surface area contributed by atoms with E-state index >= 15 is 0 Å². The van der Waals surface area contributed by atoms with Crippen molar-refractivity contribution >= 4 is 21.8 Å². The van der Waals surface area contributed by atoms with Crippen molar-refractivity contribution in [2.24, 2.45) is 0 Å². The molecule has 142 valence electrons. The van der Waals surface area contributed by atoms with Crippen molar-refractivity contribution in [2.75, 3.05) is 0 Å². The molecule has 1 atom stereocenters. The number of nitrogens with zero attached hydrogens (tertiary/aromatic N) is 4. The van der Waals surface area contributed by atoms with Crippen molar-refractivity contribution in [3.05, 3.63) is 60.2 Å². The molecule has 0 radical (unpaired) electrons. The van der Waals surface area contributed by atoms with Gasteiger partial charge in [0.05, 0.1) is 5.52 Å². The van der Waals surface area contributed by atoms with E-state index in [0.717, 1.165) is 32.9 Å². The van der Waals surface area contributed by atoms with E-state index in [1.54, 1.807) is 18.3 Å². The number of fused-ring (bicyclic) bond motifs is 2. The summed E-state index contributed by atoms with van der Waals surface area (Å²) in [6.45, 7) is 6.76. The van der Waals surface area contributed by atoms with Gasteiger partial charge in [-0.1, -0.05) is 25.5 Å². The van der Waals surface area contributed by atoms with Crippen LogP contribution in [0.1, 0.15) is 43.7 Å². The van der Waals surface area contributed by atoms with E-state index in [1.165, 1.54) is 6.33 Å². The predicted molar refractivity (Wildman–Crippen MR) is 107 cm³/mol. The summed E-state index contributed by atoms with van der Waals surface area (Å²) in [5.74, 6) is 0.799. The molecule has 6 heteroatoms. The van der Waals surface area contributed by atoms with Crippen LogP contribution in [0.5, 0.6) is 11.5 Å². The fourth-order valence-corrected chi connectivity index (χ4v) is 3.54. The standard InChI is InChI=1S/C22H22N4O2/c1-13(2)17-8-20-15(6-21(17)27)4-5-26(25-20)11-14(3)18-9-19-16(7-22(18)28)10-23-12-24-19/h4-10,12-14,28H,11H2,1-3H3/p+1. The van der Waals surface area contributed by atoms with Crippen molar-refractivity contribution in [1.82, 2.24) is 15.1 Å². The zero-order valence-electron chi connectivity index (χ0n) is 16.2. The molecule has 0 fully saturated rings. The lowest BCUT2D eigenvalue weighted by atomic mass is 9.98. The minimum atomic E-state index is 0.0380.